The van der Waals surface area contributed by atoms with E-state index >= 15 is 0 Å². The summed E-state index contributed by atoms with van der Waals surface area (Å²) in [5.74, 6) is 0.541. The fraction of sp³-hybridized carbons (Fsp3) is 0.533. The summed E-state index contributed by atoms with van der Waals surface area (Å²) >= 11 is 0. The zero-order valence-corrected chi connectivity index (χ0v) is 13.3. The van der Waals surface area contributed by atoms with E-state index < -0.39 is 9.84 Å². The Balaban J connectivity index is 2.78. The quantitative estimate of drug-likeness (QED) is 0.807. The van der Waals surface area contributed by atoms with Gasteiger partial charge in [-0.15, -0.1) is 0 Å². The van der Waals surface area contributed by atoms with Crippen LogP contribution >= 0.6 is 0 Å². The van der Waals surface area contributed by atoms with Gasteiger partial charge in [0.15, 0.2) is 9.84 Å². The third-order valence-corrected chi connectivity index (χ3v) is 5.39. The summed E-state index contributed by atoms with van der Waals surface area (Å²) in [4.78, 5) is 2.28. The lowest BCUT2D eigenvalue weighted by Gasteiger charge is -2.27. The minimum absolute atomic E-state index is 0.0649. The zero-order chi connectivity index (χ0) is 15.3. The maximum absolute atomic E-state index is 12.3. The Morgan fingerprint density at radius 1 is 1.30 bits per heavy atom. The Kier molecular flexibility index (Phi) is 5.73. The second kappa shape index (κ2) is 6.87. The van der Waals surface area contributed by atoms with Crippen LogP contribution in [0.3, 0.4) is 0 Å². The lowest BCUT2D eigenvalue weighted by Crippen LogP contribution is -2.36. The Morgan fingerprint density at radius 2 is 1.95 bits per heavy atom. The summed E-state index contributed by atoms with van der Waals surface area (Å²) in [6, 6.07) is 8.47. The predicted molar refractivity (Wildman–Crippen MR) is 80.1 cm³/mol. The van der Waals surface area contributed by atoms with Gasteiger partial charge in [0.05, 0.1) is 22.3 Å². The molecule has 0 heterocycles. The Labute approximate surface area is 121 Å². The molecular weight excluding hydrogens is 272 g/mol. The number of hydrogen-bond donors (Lipinski definition) is 0. The van der Waals surface area contributed by atoms with Crippen molar-refractivity contribution in [1.82, 2.24) is 4.90 Å². The zero-order valence-electron chi connectivity index (χ0n) is 12.5. The molecule has 0 spiro atoms. The third kappa shape index (κ3) is 4.32. The molecule has 20 heavy (non-hydrogen) atoms. The van der Waals surface area contributed by atoms with E-state index in [4.69, 9.17) is 5.26 Å². The molecule has 1 atom stereocenters. The highest BCUT2D eigenvalue weighted by Gasteiger charge is 2.19. The lowest BCUT2D eigenvalue weighted by atomic mass is 10.1. The van der Waals surface area contributed by atoms with E-state index in [1.54, 1.807) is 18.2 Å². The number of sulfone groups is 1. The number of rotatable bonds is 6. The average molecular weight is 294 g/mol. The smallest absolute Gasteiger partial charge is 0.179 e. The largest absolute Gasteiger partial charge is 0.302 e. The van der Waals surface area contributed by atoms with Gasteiger partial charge in [-0.3, -0.25) is 0 Å². The second-order valence-corrected chi connectivity index (χ2v) is 7.53. The Bertz CT molecular complexity index is 588. The van der Waals surface area contributed by atoms with Gasteiger partial charge in [0, 0.05) is 12.6 Å². The molecule has 5 heteroatoms. The highest BCUT2D eigenvalue weighted by Crippen LogP contribution is 2.14. The van der Waals surface area contributed by atoms with E-state index in [9.17, 15) is 8.42 Å². The molecule has 0 bridgehead atoms. The summed E-state index contributed by atoms with van der Waals surface area (Å²) in [6.45, 7) is 6.81. The molecule has 0 saturated heterocycles. The average Bonchev–Trinajstić information content (AvgIpc) is 2.43. The SMILES string of the molecule is CC(C)C(C)N(C)CCS(=O)(=O)c1cccc(C#N)c1. The van der Waals surface area contributed by atoms with Crippen molar-refractivity contribution in [2.24, 2.45) is 5.92 Å². The summed E-state index contributed by atoms with van der Waals surface area (Å²) < 4.78 is 24.5. The van der Waals surface area contributed by atoms with E-state index in [1.807, 2.05) is 13.1 Å². The second-order valence-electron chi connectivity index (χ2n) is 5.42. The molecule has 0 aliphatic rings. The first-order chi connectivity index (χ1) is 9.27. The fourth-order valence-electron chi connectivity index (χ4n) is 1.85. The molecule has 1 aromatic carbocycles. The maximum atomic E-state index is 12.3. The maximum Gasteiger partial charge on any atom is 0.179 e. The Morgan fingerprint density at radius 3 is 2.50 bits per heavy atom. The van der Waals surface area contributed by atoms with Crippen molar-refractivity contribution in [2.75, 3.05) is 19.3 Å². The number of nitrogens with zero attached hydrogens (tertiary/aromatic N) is 2. The van der Waals surface area contributed by atoms with E-state index in [0.717, 1.165) is 0 Å². The van der Waals surface area contributed by atoms with Gasteiger partial charge in [0.1, 0.15) is 0 Å². The van der Waals surface area contributed by atoms with Crippen LogP contribution in [0.15, 0.2) is 29.2 Å². The van der Waals surface area contributed by atoms with Gasteiger partial charge in [-0.2, -0.15) is 5.26 Å². The van der Waals surface area contributed by atoms with Crippen LogP contribution in [0, 0.1) is 17.2 Å². The van der Waals surface area contributed by atoms with Crippen molar-refractivity contribution in [2.45, 2.75) is 31.7 Å². The minimum Gasteiger partial charge on any atom is -0.302 e. The molecule has 1 rings (SSSR count). The van der Waals surface area contributed by atoms with Gasteiger partial charge in [-0.25, -0.2) is 8.42 Å². The molecular formula is C15H22N2O2S. The van der Waals surface area contributed by atoms with Crippen molar-refractivity contribution in [1.29, 1.82) is 5.26 Å². The first kappa shape index (κ1) is 16.7. The molecule has 0 amide bonds. The molecule has 0 aromatic heterocycles. The summed E-state index contributed by atoms with van der Waals surface area (Å²) in [5, 5.41) is 8.83. The van der Waals surface area contributed by atoms with Gasteiger partial charge in [0.2, 0.25) is 0 Å². The van der Waals surface area contributed by atoms with E-state index in [0.29, 0.717) is 24.1 Å². The third-order valence-electron chi connectivity index (χ3n) is 3.70. The molecule has 0 saturated carbocycles. The molecule has 0 fully saturated rings. The van der Waals surface area contributed by atoms with Crippen molar-refractivity contribution in [3.63, 3.8) is 0 Å². The molecule has 0 aliphatic heterocycles. The Hall–Kier alpha value is -1.38. The summed E-state index contributed by atoms with van der Waals surface area (Å²) in [5.41, 5.74) is 0.370. The van der Waals surface area contributed by atoms with Crippen molar-refractivity contribution >= 4 is 9.84 Å². The van der Waals surface area contributed by atoms with Crippen LogP contribution in [-0.2, 0) is 9.84 Å². The summed E-state index contributed by atoms with van der Waals surface area (Å²) in [7, 11) is -1.40. The first-order valence-electron chi connectivity index (χ1n) is 6.71. The standard InChI is InChI=1S/C15H22N2O2S/c1-12(2)13(3)17(4)8-9-20(18,19)15-7-5-6-14(10-15)11-16/h5-7,10,12-13H,8-9H2,1-4H3. The van der Waals surface area contributed by atoms with Crippen LogP contribution in [0.25, 0.3) is 0 Å². The molecule has 0 radical (unpaired) electrons. The van der Waals surface area contributed by atoms with E-state index in [1.165, 1.54) is 6.07 Å². The minimum atomic E-state index is -3.34. The monoisotopic (exact) mass is 294 g/mol. The van der Waals surface area contributed by atoms with Crippen molar-refractivity contribution < 1.29 is 8.42 Å². The van der Waals surface area contributed by atoms with Crippen LogP contribution < -0.4 is 0 Å². The summed E-state index contributed by atoms with van der Waals surface area (Å²) in [6.07, 6.45) is 0. The van der Waals surface area contributed by atoms with Gasteiger partial charge < -0.3 is 4.90 Å². The van der Waals surface area contributed by atoms with E-state index in [2.05, 4.69) is 25.7 Å². The van der Waals surface area contributed by atoms with Gasteiger partial charge in [0.25, 0.3) is 0 Å². The first-order valence-corrected chi connectivity index (χ1v) is 8.36. The lowest BCUT2D eigenvalue weighted by molar-refractivity contribution is 0.219. The molecule has 1 aromatic rings. The molecule has 0 N–H and O–H groups in total. The van der Waals surface area contributed by atoms with Crippen LogP contribution in [0.1, 0.15) is 26.3 Å². The van der Waals surface area contributed by atoms with Crippen LogP contribution in [0.5, 0.6) is 0 Å². The molecule has 0 aliphatic carbocycles. The van der Waals surface area contributed by atoms with Crippen LogP contribution in [0.2, 0.25) is 0 Å². The topological polar surface area (TPSA) is 61.2 Å². The predicted octanol–water partition coefficient (Wildman–Crippen LogP) is 2.31. The van der Waals surface area contributed by atoms with Gasteiger partial charge in [-0.05, 0) is 38.1 Å². The van der Waals surface area contributed by atoms with Crippen molar-refractivity contribution in [3.05, 3.63) is 29.8 Å². The highest BCUT2D eigenvalue weighted by atomic mass is 32.2. The highest BCUT2D eigenvalue weighted by molar-refractivity contribution is 7.91. The van der Waals surface area contributed by atoms with Gasteiger partial charge in [-0.1, -0.05) is 19.9 Å². The molecule has 4 nitrogen and oxygen atoms in total. The van der Waals surface area contributed by atoms with Crippen LogP contribution in [0.4, 0.5) is 0 Å². The molecule has 1 unspecified atom stereocenters. The van der Waals surface area contributed by atoms with Crippen LogP contribution in [-0.4, -0.2) is 38.7 Å². The number of benzene rings is 1. The van der Waals surface area contributed by atoms with E-state index in [-0.39, 0.29) is 10.6 Å². The normalized spacial score (nSPS) is 13.4. The van der Waals surface area contributed by atoms with Crippen molar-refractivity contribution in [3.8, 4) is 6.07 Å². The fourth-order valence-corrected chi connectivity index (χ4v) is 3.21. The van der Waals surface area contributed by atoms with Gasteiger partial charge >= 0.3 is 0 Å². The number of hydrogen-bond acceptors (Lipinski definition) is 4. The number of nitriles is 1. The molecule has 110 valence electrons.